The Morgan fingerprint density at radius 3 is 1.52 bits per heavy atom. The molecule has 0 saturated carbocycles. The molecule has 0 radical (unpaired) electrons. The average Bonchev–Trinajstić information content (AvgIpc) is 2.37. The summed E-state index contributed by atoms with van der Waals surface area (Å²) in [7, 11) is 0. The Labute approximate surface area is 149 Å². The van der Waals surface area contributed by atoms with Gasteiger partial charge in [0.2, 0.25) is 0 Å². The maximum Gasteiger partial charge on any atom is 0.407 e. The molecule has 0 aromatic heterocycles. The van der Waals surface area contributed by atoms with Crippen molar-refractivity contribution in [1.29, 1.82) is 0 Å². The zero-order chi connectivity index (χ0) is 19.8. The monoisotopic (exact) mass is 358 g/mol. The van der Waals surface area contributed by atoms with E-state index in [1.807, 2.05) is 0 Å². The van der Waals surface area contributed by atoms with Crippen molar-refractivity contribution >= 4 is 18.2 Å². The summed E-state index contributed by atoms with van der Waals surface area (Å²) in [4.78, 5) is 35.1. The van der Waals surface area contributed by atoms with Crippen molar-refractivity contribution in [2.75, 3.05) is 13.1 Å². The predicted octanol–water partition coefficient (Wildman–Crippen LogP) is 2.52. The number of ether oxygens (including phenoxy) is 3. The Hall–Kier alpha value is -2.25. The number of carbonyl (C=O) groups is 3. The molecule has 0 aromatic carbocycles. The molecule has 0 bridgehead atoms. The van der Waals surface area contributed by atoms with Gasteiger partial charge in [0.05, 0.1) is 13.1 Å². The maximum atomic E-state index is 11.7. The highest BCUT2D eigenvalue weighted by atomic mass is 16.6. The number of esters is 1. The van der Waals surface area contributed by atoms with Gasteiger partial charge in [-0.05, 0) is 48.5 Å². The van der Waals surface area contributed by atoms with Crippen molar-refractivity contribution in [3.63, 3.8) is 0 Å². The van der Waals surface area contributed by atoms with Crippen LogP contribution in [-0.4, -0.2) is 48.6 Å². The van der Waals surface area contributed by atoms with Crippen LogP contribution in [0.1, 0.15) is 48.5 Å². The summed E-state index contributed by atoms with van der Waals surface area (Å²) in [6.45, 7) is 15.3. The predicted molar refractivity (Wildman–Crippen MR) is 93.2 cm³/mol. The van der Waals surface area contributed by atoms with Crippen molar-refractivity contribution in [2.45, 2.75) is 65.8 Å². The highest BCUT2D eigenvalue weighted by molar-refractivity contribution is 5.87. The van der Waals surface area contributed by atoms with Crippen LogP contribution in [0.15, 0.2) is 12.2 Å². The van der Waals surface area contributed by atoms with Crippen LogP contribution in [0.5, 0.6) is 0 Å². The fraction of sp³-hybridized carbons (Fsp3) is 0.706. The van der Waals surface area contributed by atoms with Crippen LogP contribution in [0.25, 0.3) is 0 Å². The molecule has 0 atom stereocenters. The fourth-order valence-electron chi connectivity index (χ4n) is 1.43. The van der Waals surface area contributed by atoms with Crippen LogP contribution in [0.4, 0.5) is 9.59 Å². The molecule has 0 heterocycles. The summed E-state index contributed by atoms with van der Waals surface area (Å²) in [5.41, 5.74) is -1.09. The molecule has 0 unspecified atom stereocenters. The number of amides is 2. The first-order chi connectivity index (χ1) is 11.2. The van der Waals surface area contributed by atoms with Gasteiger partial charge in [0.15, 0.2) is 0 Å². The third kappa shape index (κ3) is 12.8. The van der Waals surface area contributed by atoms with E-state index in [-0.39, 0.29) is 18.7 Å². The van der Waals surface area contributed by atoms with Gasteiger partial charge in [-0.2, -0.15) is 0 Å². The molecule has 8 nitrogen and oxygen atoms in total. The second kappa shape index (κ2) is 9.29. The Morgan fingerprint density at radius 1 is 0.880 bits per heavy atom. The lowest BCUT2D eigenvalue weighted by molar-refractivity contribution is -0.143. The third-order valence-corrected chi connectivity index (χ3v) is 2.37. The summed E-state index contributed by atoms with van der Waals surface area (Å²) in [5, 5.41) is 4.99. The van der Waals surface area contributed by atoms with E-state index in [2.05, 4.69) is 17.2 Å². The van der Waals surface area contributed by atoms with Crippen LogP contribution in [-0.2, 0) is 19.0 Å². The number of hydrogen-bond donors (Lipinski definition) is 2. The minimum Gasteiger partial charge on any atom is -0.455 e. The van der Waals surface area contributed by atoms with Crippen LogP contribution in [0, 0.1) is 0 Å². The summed E-state index contributed by atoms with van der Waals surface area (Å²) in [6.07, 6.45) is -2.11. The van der Waals surface area contributed by atoms with Crippen molar-refractivity contribution in [3.8, 4) is 0 Å². The molecule has 0 spiro atoms. The SMILES string of the molecule is C=C(C)C(=O)OC(CNC(=O)OC(C)(C)C)CNC(=O)OC(C)(C)C. The second-order valence-electron chi connectivity index (χ2n) is 7.57. The molecule has 0 fully saturated rings. The van der Waals surface area contributed by atoms with Crippen molar-refractivity contribution < 1.29 is 28.6 Å². The number of hydrogen-bond acceptors (Lipinski definition) is 6. The van der Waals surface area contributed by atoms with Crippen molar-refractivity contribution in [2.24, 2.45) is 0 Å². The van der Waals surface area contributed by atoms with E-state index in [9.17, 15) is 14.4 Å². The highest BCUT2D eigenvalue weighted by Crippen LogP contribution is 2.08. The number of nitrogens with one attached hydrogen (secondary N) is 2. The van der Waals surface area contributed by atoms with Crippen LogP contribution < -0.4 is 10.6 Å². The van der Waals surface area contributed by atoms with E-state index >= 15 is 0 Å². The van der Waals surface area contributed by atoms with Gasteiger partial charge in [-0.1, -0.05) is 6.58 Å². The van der Waals surface area contributed by atoms with E-state index in [4.69, 9.17) is 14.2 Å². The van der Waals surface area contributed by atoms with Gasteiger partial charge in [-0.25, -0.2) is 14.4 Å². The summed E-state index contributed by atoms with van der Waals surface area (Å²) >= 11 is 0. The van der Waals surface area contributed by atoms with Gasteiger partial charge < -0.3 is 24.8 Å². The second-order valence-corrected chi connectivity index (χ2v) is 7.57. The number of rotatable bonds is 6. The molecular weight excluding hydrogens is 328 g/mol. The molecule has 2 N–H and O–H groups in total. The Kier molecular flexibility index (Phi) is 8.45. The van der Waals surface area contributed by atoms with E-state index in [1.165, 1.54) is 6.92 Å². The Morgan fingerprint density at radius 2 is 1.24 bits per heavy atom. The first kappa shape index (κ1) is 22.8. The topological polar surface area (TPSA) is 103 Å². The molecule has 25 heavy (non-hydrogen) atoms. The lowest BCUT2D eigenvalue weighted by Crippen LogP contribution is -2.44. The molecule has 0 aliphatic carbocycles. The highest BCUT2D eigenvalue weighted by Gasteiger charge is 2.22. The number of carbonyl (C=O) groups excluding carboxylic acids is 3. The van der Waals surface area contributed by atoms with E-state index < -0.39 is 35.5 Å². The van der Waals surface area contributed by atoms with Gasteiger partial charge in [0, 0.05) is 5.57 Å². The Balaban J connectivity index is 4.66. The minimum atomic E-state index is -0.802. The minimum absolute atomic E-state index is 0.0380. The normalized spacial score (nSPS) is 11.5. The largest absolute Gasteiger partial charge is 0.455 e. The van der Waals surface area contributed by atoms with Crippen LogP contribution >= 0.6 is 0 Å². The van der Waals surface area contributed by atoms with Crippen LogP contribution in [0.3, 0.4) is 0 Å². The molecule has 0 rings (SSSR count). The summed E-state index contributed by atoms with van der Waals surface area (Å²) in [5.74, 6) is -0.623. The van der Waals surface area contributed by atoms with E-state index in [1.54, 1.807) is 41.5 Å². The van der Waals surface area contributed by atoms with Crippen LogP contribution in [0.2, 0.25) is 0 Å². The quantitative estimate of drug-likeness (QED) is 0.430. The van der Waals surface area contributed by atoms with Gasteiger partial charge in [-0.15, -0.1) is 0 Å². The summed E-state index contributed by atoms with van der Waals surface area (Å²) in [6, 6.07) is 0. The van der Waals surface area contributed by atoms with E-state index in [0.29, 0.717) is 0 Å². The van der Waals surface area contributed by atoms with Crippen molar-refractivity contribution in [3.05, 3.63) is 12.2 Å². The maximum absolute atomic E-state index is 11.7. The molecule has 2 amide bonds. The average molecular weight is 358 g/mol. The lowest BCUT2D eigenvalue weighted by Gasteiger charge is -2.23. The van der Waals surface area contributed by atoms with Gasteiger partial charge in [-0.3, -0.25) is 0 Å². The van der Waals surface area contributed by atoms with Gasteiger partial charge in [0.25, 0.3) is 0 Å². The van der Waals surface area contributed by atoms with Gasteiger partial charge in [0.1, 0.15) is 17.3 Å². The zero-order valence-corrected chi connectivity index (χ0v) is 16.1. The molecule has 144 valence electrons. The molecule has 0 aliphatic rings. The Bertz CT molecular complexity index is 470. The van der Waals surface area contributed by atoms with Crippen molar-refractivity contribution in [1.82, 2.24) is 10.6 Å². The third-order valence-electron chi connectivity index (χ3n) is 2.37. The van der Waals surface area contributed by atoms with Gasteiger partial charge >= 0.3 is 18.2 Å². The molecule has 0 aliphatic heterocycles. The number of alkyl carbamates (subject to hydrolysis) is 2. The first-order valence-corrected chi connectivity index (χ1v) is 8.00. The smallest absolute Gasteiger partial charge is 0.407 e. The lowest BCUT2D eigenvalue weighted by atomic mass is 10.2. The fourth-order valence-corrected chi connectivity index (χ4v) is 1.43. The molecular formula is C17H30N2O6. The molecule has 0 aromatic rings. The standard InChI is InChI=1S/C17H30N2O6/c1-11(2)13(20)23-12(9-18-14(21)24-16(3,4)5)10-19-15(22)25-17(6,7)8/h12H,1,9-10H2,2-8H3,(H,18,21)(H,19,22). The first-order valence-electron chi connectivity index (χ1n) is 8.00. The molecule has 0 saturated heterocycles. The van der Waals surface area contributed by atoms with E-state index in [0.717, 1.165) is 0 Å². The molecule has 8 heteroatoms. The summed E-state index contributed by atoms with van der Waals surface area (Å²) < 4.78 is 15.4. The zero-order valence-electron chi connectivity index (χ0n) is 16.1.